The van der Waals surface area contributed by atoms with Crippen LogP contribution in [0.25, 0.3) is 0 Å². The molecule has 0 bridgehead atoms. The van der Waals surface area contributed by atoms with Crippen LogP contribution >= 0.6 is 46.9 Å². The van der Waals surface area contributed by atoms with E-state index in [0.29, 0.717) is 60.2 Å². The van der Waals surface area contributed by atoms with Crippen molar-refractivity contribution in [1.82, 2.24) is 15.6 Å². The minimum absolute atomic E-state index is 0. The highest BCUT2D eigenvalue weighted by molar-refractivity contribution is 14.0. The molecular formula is C17H19ClF3IN4O2S. The first-order valence-electron chi connectivity index (χ1n) is 8.41. The molecule has 0 fully saturated rings. The zero-order chi connectivity index (χ0) is 20.1. The van der Waals surface area contributed by atoms with Gasteiger partial charge in [0, 0.05) is 31.9 Å². The molecule has 0 atom stereocenters. The lowest BCUT2D eigenvalue weighted by atomic mass is 10.2. The zero-order valence-electron chi connectivity index (χ0n) is 15.3. The van der Waals surface area contributed by atoms with E-state index in [-0.39, 0.29) is 24.0 Å². The fourth-order valence-electron chi connectivity index (χ4n) is 2.52. The summed E-state index contributed by atoms with van der Waals surface area (Å²) in [4.78, 5) is 7.70. The Morgan fingerprint density at radius 1 is 1.28 bits per heavy atom. The highest BCUT2D eigenvalue weighted by Crippen LogP contribution is 2.38. The van der Waals surface area contributed by atoms with Crippen molar-refractivity contribution < 1.29 is 22.6 Å². The summed E-state index contributed by atoms with van der Waals surface area (Å²) < 4.78 is 48.8. The average molecular weight is 563 g/mol. The lowest BCUT2D eigenvalue weighted by Crippen LogP contribution is -2.37. The molecule has 1 aliphatic heterocycles. The van der Waals surface area contributed by atoms with Crippen LogP contribution < -0.4 is 20.1 Å². The van der Waals surface area contributed by atoms with Gasteiger partial charge in [0.15, 0.2) is 23.2 Å². The number of thiazole rings is 1. The summed E-state index contributed by atoms with van der Waals surface area (Å²) >= 11 is 7.21. The van der Waals surface area contributed by atoms with Crippen LogP contribution in [0.2, 0.25) is 5.02 Å². The molecule has 0 radical (unpaired) electrons. The summed E-state index contributed by atoms with van der Waals surface area (Å²) in [5, 5.41) is 8.08. The van der Waals surface area contributed by atoms with Gasteiger partial charge in [0.05, 0.1) is 10.0 Å². The molecule has 0 spiro atoms. The van der Waals surface area contributed by atoms with Gasteiger partial charge in [0.1, 0.15) is 13.2 Å². The van der Waals surface area contributed by atoms with E-state index in [1.807, 2.05) is 6.07 Å². The van der Waals surface area contributed by atoms with Gasteiger partial charge in [0.2, 0.25) is 0 Å². The number of nitrogens with zero attached hydrogens (tertiary/aromatic N) is 2. The molecule has 2 N–H and O–H groups in total. The van der Waals surface area contributed by atoms with E-state index >= 15 is 0 Å². The van der Waals surface area contributed by atoms with Gasteiger partial charge >= 0.3 is 6.18 Å². The monoisotopic (exact) mass is 562 g/mol. The molecule has 29 heavy (non-hydrogen) atoms. The van der Waals surface area contributed by atoms with E-state index in [1.54, 1.807) is 13.1 Å². The summed E-state index contributed by atoms with van der Waals surface area (Å²) in [6.45, 7) is 1.76. The molecule has 1 aromatic heterocycles. The molecule has 2 aromatic rings. The predicted molar refractivity (Wildman–Crippen MR) is 117 cm³/mol. The van der Waals surface area contributed by atoms with Crippen molar-refractivity contribution in [3.05, 3.63) is 38.8 Å². The van der Waals surface area contributed by atoms with Crippen molar-refractivity contribution in [3.8, 4) is 11.5 Å². The number of fused-ring (bicyclic) bond motifs is 1. The first-order valence-corrected chi connectivity index (χ1v) is 9.66. The highest BCUT2D eigenvalue weighted by atomic mass is 127. The minimum Gasteiger partial charge on any atom is -0.486 e. The third kappa shape index (κ3) is 6.51. The molecular weight excluding hydrogens is 544 g/mol. The molecule has 0 saturated carbocycles. The maximum Gasteiger partial charge on any atom is 0.434 e. The summed E-state index contributed by atoms with van der Waals surface area (Å²) in [5.74, 6) is 1.65. The summed E-state index contributed by atoms with van der Waals surface area (Å²) in [6, 6.07) is 3.62. The van der Waals surface area contributed by atoms with Gasteiger partial charge in [-0.05, 0) is 17.7 Å². The average Bonchev–Trinajstić information content (AvgIpc) is 3.14. The minimum atomic E-state index is -4.41. The molecule has 6 nitrogen and oxygen atoms in total. The molecule has 0 unspecified atom stereocenters. The standard InChI is InChI=1S/C17H18ClF3N4O2S.HI/c1-22-16(23-3-2-14-25-13(9-28-14)17(19,20)21)24-8-10-6-11(18)15-12(7-10)26-4-5-27-15;/h6-7,9H,2-5,8H2,1H3,(H2,22,23,24);1H. The van der Waals surface area contributed by atoms with E-state index in [0.717, 1.165) is 22.3 Å². The van der Waals surface area contributed by atoms with Crippen LogP contribution in [-0.2, 0) is 19.1 Å². The normalized spacial score (nSPS) is 13.6. The second-order valence-electron chi connectivity index (χ2n) is 5.83. The molecule has 0 aliphatic carbocycles. The Kier molecular flexibility index (Phi) is 8.64. The first kappa shape index (κ1) is 23.8. The van der Waals surface area contributed by atoms with Crippen molar-refractivity contribution in [2.24, 2.45) is 4.99 Å². The Balaban J connectivity index is 0.00000300. The maximum atomic E-state index is 12.6. The first-order chi connectivity index (χ1) is 13.4. The van der Waals surface area contributed by atoms with E-state index in [4.69, 9.17) is 21.1 Å². The van der Waals surface area contributed by atoms with Gasteiger partial charge < -0.3 is 20.1 Å². The van der Waals surface area contributed by atoms with Gasteiger partial charge in [-0.25, -0.2) is 4.98 Å². The number of rotatable bonds is 5. The number of hydrogen-bond acceptors (Lipinski definition) is 5. The Bertz CT molecular complexity index is 864. The molecule has 3 rings (SSSR count). The number of guanidine groups is 1. The Morgan fingerprint density at radius 3 is 2.72 bits per heavy atom. The number of aliphatic imine (C=N–C) groups is 1. The molecule has 0 saturated heterocycles. The van der Waals surface area contributed by atoms with Gasteiger partial charge in [-0.3, -0.25) is 4.99 Å². The van der Waals surface area contributed by atoms with Crippen LogP contribution in [0.1, 0.15) is 16.3 Å². The van der Waals surface area contributed by atoms with Crippen LogP contribution in [0.5, 0.6) is 11.5 Å². The molecule has 2 heterocycles. The molecule has 1 aromatic carbocycles. The van der Waals surface area contributed by atoms with Crippen LogP contribution in [0, 0.1) is 0 Å². The van der Waals surface area contributed by atoms with Crippen molar-refractivity contribution in [2.75, 3.05) is 26.8 Å². The van der Waals surface area contributed by atoms with Gasteiger partial charge in [-0.2, -0.15) is 13.2 Å². The maximum absolute atomic E-state index is 12.6. The number of nitrogens with one attached hydrogen (secondary N) is 2. The third-order valence-corrected chi connectivity index (χ3v) is 5.00. The lowest BCUT2D eigenvalue weighted by Gasteiger charge is -2.20. The van der Waals surface area contributed by atoms with E-state index < -0.39 is 11.9 Å². The number of aromatic nitrogens is 1. The van der Waals surface area contributed by atoms with Gasteiger partial charge in [-0.15, -0.1) is 35.3 Å². The van der Waals surface area contributed by atoms with E-state index in [2.05, 4.69) is 20.6 Å². The van der Waals surface area contributed by atoms with Crippen LogP contribution in [0.3, 0.4) is 0 Å². The number of hydrogen-bond donors (Lipinski definition) is 2. The van der Waals surface area contributed by atoms with Crippen molar-refractivity contribution in [2.45, 2.75) is 19.1 Å². The van der Waals surface area contributed by atoms with Crippen molar-refractivity contribution in [1.29, 1.82) is 0 Å². The van der Waals surface area contributed by atoms with Gasteiger partial charge in [0.25, 0.3) is 0 Å². The van der Waals surface area contributed by atoms with E-state index in [1.165, 1.54) is 0 Å². The van der Waals surface area contributed by atoms with Crippen LogP contribution in [0.15, 0.2) is 22.5 Å². The summed E-state index contributed by atoms with van der Waals surface area (Å²) in [5.41, 5.74) is 0.0254. The quantitative estimate of drug-likeness (QED) is 0.326. The van der Waals surface area contributed by atoms with Crippen molar-refractivity contribution >= 4 is 52.9 Å². The van der Waals surface area contributed by atoms with Crippen LogP contribution in [-0.4, -0.2) is 37.7 Å². The molecule has 12 heteroatoms. The predicted octanol–water partition coefficient (Wildman–Crippen LogP) is 4.11. The Hall–Kier alpha value is -1.47. The fourth-order valence-corrected chi connectivity index (χ4v) is 3.61. The van der Waals surface area contributed by atoms with Crippen molar-refractivity contribution in [3.63, 3.8) is 0 Å². The molecule has 0 amide bonds. The summed E-state index contributed by atoms with van der Waals surface area (Å²) in [7, 11) is 1.61. The Labute approximate surface area is 191 Å². The highest BCUT2D eigenvalue weighted by Gasteiger charge is 2.33. The molecule has 160 valence electrons. The number of halogens is 5. The number of benzene rings is 1. The zero-order valence-corrected chi connectivity index (χ0v) is 19.2. The number of ether oxygens (including phenoxy) is 2. The lowest BCUT2D eigenvalue weighted by molar-refractivity contribution is -0.140. The second-order valence-corrected chi connectivity index (χ2v) is 7.18. The molecule has 1 aliphatic rings. The second kappa shape index (κ2) is 10.5. The topological polar surface area (TPSA) is 67.8 Å². The smallest absolute Gasteiger partial charge is 0.434 e. The third-order valence-electron chi connectivity index (χ3n) is 3.81. The summed E-state index contributed by atoms with van der Waals surface area (Å²) in [6.07, 6.45) is -4.05. The largest absolute Gasteiger partial charge is 0.486 e. The SMILES string of the molecule is CN=C(NCCc1nc(C(F)(F)F)cs1)NCc1cc(Cl)c2c(c1)OCCO2.I. The number of alkyl halides is 3. The van der Waals surface area contributed by atoms with E-state index in [9.17, 15) is 13.2 Å². The van der Waals surface area contributed by atoms with Crippen LogP contribution in [0.4, 0.5) is 13.2 Å². The Morgan fingerprint density at radius 2 is 2.03 bits per heavy atom. The van der Waals surface area contributed by atoms with Gasteiger partial charge in [-0.1, -0.05) is 11.6 Å². The fraction of sp³-hybridized carbons (Fsp3) is 0.412.